The van der Waals surface area contributed by atoms with Gasteiger partial charge in [-0.2, -0.15) is 0 Å². The molecule has 0 bridgehead atoms. The summed E-state index contributed by atoms with van der Waals surface area (Å²) in [6.45, 7) is 10.3. The maximum absolute atomic E-state index is 12.2. The topological polar surface area (TPSA) is 47.4 Å². The molecule has 0 saturated carbocycles. The lowest BCUT2D eigenvalue weighted by Gasteiger charge is -2.32. The molecule has 2 heterocycles. The number of ether oxygens (including phenoxy) is 1. The van der Waals surface area contributed by atoms with E-state index in [0.717, 1.165) is 50.4 Å². The number of amides is 1. The smallest absolute Gasteiger partial charge is 0.410 e. The highest BCUT2D eigenvalue weighted by molar-refractivity contribution is 5.68. The molecular weight excluding hydrogens is 338 g/mol. The molecule has 3 rings (SSSR count). The second-order valence-corrected chi connectivity index (χ2v) is 8.27. The van der Waals surface area contributed by atoms with Crippen molar-refractivity contribution in [3.8, 4) is 0 Å². The van der Waals surface area contributed by atoms with Crippen molar-refractivity contribution in [1.29, 1.82) is 0 Å². The van der Waals surface area contributed by atoms with Crippen LogP contribution in [0.25, 0.3) is 0 Å². The van der Waals surface area contributed by atoms with Gasteiger partial charge in [-0.05, 0) is 46.1 Å². The van der Waals surface area contributed by atoms with E-state index in [4.69, 9.17) is 9.72 Å². The molecule has 1 saturated heterocycles. The van der Waals surface area contributed by atoms with Gasteiger partial charge >= 0.3 is 6.09 Å². The van der Waals surface area contributed by atoms with Crippen LogP contribution in [0, 0.1) is 0 Å². The highest BCUT2D eigenvalue weighted by Gasteiger charge is 2.28. The van der Waals surface area contributed by atoms with Crippen molar-refractivity contribution < 1.29 is 9.53 Å². The van der Waals surface area contributed by atoms with Crippen LogP contribution >= 0.6 is 0 Å². The number of hydrogen-bond donors (Lipinski definition) is 0. The molecule has 1 aromatic heterocycles. The number of aromatic nitrogens is 2. The van der Waals surface area contributed by atoms with Crippen LogP contribution in [0.15, 0.2) is 36.5 Å². The fraction of sp³-hybridized carbons (Fsp3) is 0.545. The second kappa shape index (κ2) is 8.15. The van der Waals surface area contributed by atoms with Crippen LogP contribution in [-0.2, 0) is 17.7 Å². The Morgan fingerprint density at radius 2 is 1.85 bits per heavy atom. The summed E-state index contributed by atoms with van der Waals surface area (Å²) in [4.78, 5) is 19.0. The molecule has 1 fully saturated rings. The van der Waals surface area contributed by atoms with Gasteiger partial charge in [0.05, 0.1) is 5.69 Å². The van der Waals surface area contributed by atoms with Gasteiger partial charge in [0.25, 0.3) is 0 Å². The summed E-state index contributed by atoms with van der Waals surface area (Å²) in [5.74, 6) is 1.53. The van der Waals surface area contributed by atoms with E-state index in [1.165, 1.54) is 5.56 Å². The van der Waals surface area contributed by atoms with Gasteiger partial charge in [-0.3, -0.25) is 0 Å². The average molecular weight is 370 g/mol. The largest absolute Gasteiger partial charge is 0.444 e. The van der Waals surface area contributed by atoms with Crippen LogP contribution in [0.3, 0.4) is 0 Å². The summed E-state index contributed by atoms with van der Waals surface area (Å²) in [5.41, 5.74) is 2.00. The van der Waals surface area contributed by atoms with Crippen LogP contribution in [0.2, 0.25) is 0 Å². The zero-order chi connectivity index (χ0) is 19.4. The van der Waals surface area contributed by atoms with Crippen molar-refractivity contribution in [1.82, 2.24) is 14.5 Å². The van der Waals surface area contributed by atoms with E-state index >= 15 is 0 Å². The number of likely N-dealkylation sites (tertiary alicyclic amines) is 1. The predicted octanol–water partition coefficient (Wildman–Crippen LogP) is 4.61. The summed E-state index contributed by atoms with van der Waals surface area (Å²) >= 11 is 0. The number of rotatable bonds is 4. The van der Waals surface area contributed by atoms with E-state index in [-0.39, 0.29) is 6.09 Å². The van der Waals surface area contributed by atoms with Gasteiger partial charge in [0.2, 0.25) is 0 Å². The maximum atomic E-state index is 12.2. The third kappa shape index (κ3) is 5.12. The van der Waals surface area contributed by atoms with Crippen molar-refractivity contribution in [2.75, 3.05) is 13.1 Å². The molecular formula is C22H31N3O2. The lowest BCUT2D eigenvalue weighted by atomic mass is 9.94. The quantitative estimate of drug-likeness (QED) is 0.791. The van der Waals surface area contributed by atoms with Gasteiger partial charge in [-0.25, -0.2) is 9.78 Å². The molecule has 1 aliphatic rings. The predicted molar refractivity (Wildman–Crippen MR) is 107 cm³/mol. The number of aryl methyl sites for hydroxylation is 1. The summed E-state index contributed by atoms with van der Waals surface area (Å²) in [6, 6.07) is 10.5. The van der Waals surface area contributed by atoms with Gasteiger partial charge in [0.15, 0.2) is 0 Å². The van der Waals surface area contributed by atoms with E-state index < -0.39 is 5.60 Å². The maximum Gasteiger partial charge on any atom is 0.410 e. The molecule has 1 aromatic carbocycles. The van der Waals surface area contributed by atoms with Crippen LogP contribution in [-0.4, -0.2) is 39.2 Å². The van der Waals surface area contributed by atoms with E-state index in [0.29, 0.717) is 5.92 Å². The van der Waals surface area contributed by atoms with E-state index in [1.54, 1.807) is 0 Å². The van der Waals surface area contributed by atoms with Crippen molar-refractivity contribution in [3.63, 3.8) is 0 Å². The first-order chi connectivity index (χ1) is 12.9. The van der Waals surface area contributed by atoms with Crippen molar-refractivity contribution in [2.24, 2.45) is 0 Å². The Hall–Kier alpha value is -2.30. The van der Waals surface area contributed by atoms with Gasteiger partial charge in [0, 0.05) is 38.2 Å². The lowest BCUT2D eigenvalue weighted by Crippen LogP contribution is -2.41. The van der Waals surface area contributed by atoms with Crippen LogP contribution in [0.4, 0.5) is 4.79 Å². The summed E-state index contributed by atoms with van der Waals surface area (Å²) in [7, 11) is 0. The van der Waals surface area contributed by atoms with E-state index in [1.807, 2.05) is 31.7 Å². The molecule has 0 atom stereocenters. The first-order valence-electron chi connectivity index (χ1n) is 9.93. The Morgan fingerprint density at radius 3 is 2.44 bits per heavy atom. The summed E-state index contributed by atoms with van der Waals surface area (Å²) < 4.78 is 7.74. The molecule has 0 radical (unpaired) electrons. The molecule has 1 aliphatic heterocycles. The second-order valence-electron chi connectivity index (χ2n) is 8.27. The minimum atomic E-state index is -0.444. The number of nitrogens with zero attached hydrogens (tertiary/aromatic N) is 3. The Morgan fingerprint density at radius 1 is 1.19 bits per heavy atom. The first-order valence-corrected chi connectivity index (χ1v) is 9.93. The molecule has 5 heteroatoms. The van der Waals surface area contributed by atoms with Crippen molar-refractivity contribution in [3.05, 3.63) is 53.6 Å². The Bertz CT molecular complexity index is 754. The molecule has 0 N–H and O–H groups in total. The molecule has 0 aliphatic carbocycles. The number of carbonyl (C=O) groups excluding carboxylic acids is 1. The molecule has 27 heavy (non-hydrogen) atoms. The van der Waals surface area contributed by atoms with Crippen molar-refractivity contribution in [2.45, 2.75) is 65.0 Å². The fourth-order valence-corrected chi connectivity index (χ4v) is 3.55. The molecule has 5 nitrogen and oxygen atoms in total. The molecule has 0 spiro atoms. The first kappa shape index (κ1) is 19.5. The molecule has 1 amide bonds. The van der Waals surface area contributed by atoms with Gasteiger partial charge in [0.1, 0.15) is 11.4 Å². The third-order valence-electron chi connectivity index (χ3n) is 4.99. The van der Waals surface area contributed by atoms with Crippen LogP contribution in [0.5, 0.6) is 0 Å². The normalized spacial score (nSPS) is 15.8. The molecule has 146 valence electrons. The third-order valence-corrected chi connectivity index (χ3v) is 4.99. The highest BCUT2D eigenvalue weighted by atomic mass is 16.6. The number of piperidine rings is 1. The van der Waals surface area contributed by atoms with Gasteiger partial charge in [-0.15, -0.1) is 0 Å². The zero-order valence-corrected chi connectivity index (χ0v) is 16.9. The zero-order valence-electron chi connectivity index (χ0n) is 16.9. The minimum absolute atomic E-state index is 0.204. The summed E-state index contributed by atoms with van der Waals surface area (Å²) in [5, 5.41) is 0. The Kier molecular flexibility index (Phi) is 5.88. The van der Waals surface area contributed by atoms with E-state index in [2.05, 4.69) is 42.0 Å². The van der Waals surface area contributed by atoms with Gasteiger partial charge in [-0.1, -0.05) is 30.3 Å². The van der Waals surface area contributed by atoms with Crippen molar-refractivity contribution >= 4 is 6.09 Å². The van der Waals surface area contributed by atoms with Crippen LogP contribution < -0.4 is 0 Å². The highest BCUT2D eigenvalue weighted by Crippen LogP contribution is 2.28. The number of carbonyl (C=O) groups is 1. The fourth-order valence-electron chi connectivity index (χ4n) is 3.55. The summed E-state index contributed by atoms with van der Waals surface area (Å²) in [6.07, 6.45) is 4.72. The monoisotopic (exact) mass is 369 g/mol. The molecule has 2 aromatic rings. The van der Waals surface area contributed by atoms with Crippen LogP contribution in [0.1, 0.15) is 63.5 Å². The lowest BCUT2D eigenvalue weighted by molar-refractivity contribution is 0.0204. The SMILES string of the molecule is CCn1cc(C2CCN(C(=O)OC(C)(C)C)CC2)nc1Cc1ccccc1. The number of benzene rings is 1. The molecule has 0 unspecified atom stereocenters. The Balaban J connectivity index is 1.64. The number of hydrogen-bond acceptors (Lipinski definition) is 3. The van der Waals surface area contributed by atoms with E-state index in [9.17, 15) is 4.79 Å². The number of imidazole rings is 1. The minimum Gasteiger partial charge on any atom is -0.444 e. The average Bonchev–Trinajstić information content (AvgIpc) is 3.04. The standard InChI is InChI=1S/C22H31N3O2/c1-5-24-16-19(23-20(24)15-17-9-7-6-8-10-17)18-11-13-25(14-12-18)21(26)27-22(2,3)4/h6-10,16,18H,5,11-15H2,1-4H3. The Labute approximate surface area is 162 Å². The van der Waals surface area contributed by atoms with Gasteiger partial charge < -0.3 is 14.2 Å².